The van der Waals surface area contributed by atoms with Crippen LogP contribution in [0.25, 0.3) is 10.2 Å². The van der Waals surface area contributed by atoms with Gasteiger partial charge in [0.2, 0.25) is 0 Å². The fourth-order valence-corrected chi connectivity index (χ4v) is 3.82. The monoisotopic (exact) mass is 440 g/mol. The number of carbonyl (C=O) groups is 1. The van der Waals surface area contributed by atoms with Gasteiger partial charge in [0.05, 0.1) is 10.2 Å². The molecule has 0 bridgehead atoms. The molecule has 0 aliphatic heterocycles. The number of rotatable bonds is 5. The third kappa shape index (κ3) is 4.21. The highest BCUT2D eigenvalue weighted by Gasteiger charge is 2.11. The van der Waals surface area contributed by atoms with Crippen molar-refractivity contribution in [1.82, 2.24) is 4.98 Å². The Kier molecular flexibility index (Phi) is 5.43. The smallest absolute Gasteiger partial charge is 0.262 e. The molecule has 0 saturated heterocycles. The number of nitrogens with zero attached hydrogens (tertiary/aromatic N) is 1. The van der Waals surface area contributed by atoms with Crippen LogP contribution in [0.2, 0.25) is 5.02 Å². The summed E-state index contributed by atoms with van der Waals surface area (Å²) in [4.78, 5) is 16.5. The van der Waals surface area contributed by atoms with Crippen molar-refractivity contribution in [2.75, 3.05) is 17.3 Å². The molecule has 0 saturated carbocycles. The first kappa shape index (κ1) is 17.9. The minimum atomic E-state index is -0.263. The molecular formula is C16H14BrClN4O2S. The Bertz CT molecular complexity index is 947. The number of anilines is 2. The van der Waals surface area contributed by atoms with Gasteiger partial charge in [0, 0.05) is 15.2 Å². The lowest BCUT2D eigenvalue weighted by Crippen LogP contribution is -2.20. The normalized spacial score (nSPS) is 10.7. The first-order chi connectivity index (χ1) is 12.0. The second-order valence-electron chi connectivity index (χ2n) is 5.22. The second kappa shape index (κ2) is 7.57. The van der Waals surface area contributed by atoms with Gasteiger partial charge in [-0.2, -0.15) is 0 Å². The van der Waals surface area contributed by atoms with Crippen molar-refractivity contribution in [3.05, 3.63) is 45.4 Å². The van der Waals surface area contributed by atoms with Crippen LogP contribution in [-0.4, -0.2) is 17.5 Å². The summed E-state index contributed by atoms with van der Waals surface area (Å²) in [5.41, 5.74) is 4.84. The van der Waals surface area contributed by atoms with Gasteiger partial charge in [-0.25, -0.2) is 10.8 Å². The zero-order valence-corrected chi connectivity index (χ0v) is 16.3. The molecule has 0 aliphatic rings. The predicted octanol–water partition coefficient (Wildman–Crippen LogP) is 4.32. The number of halogens is 2. The number of amides is 1. The number of ether oxygens (including phenoxy) is 1. The van der Waals surface area contributed by atoms with Crippen LogP contribution in [0.5, 0.6) is 5.75 Å². The van der Waals surface area contributed by atoms with Gasteiger partial charge in [-0.05, 0) is 58.7 Å². The Morgan fingerprint density at radius 2 is 2.20 bits per heavy atom. The van der Waals surface area contributed by atoms with Gasteiger partial charge in [0.25, 0.3) is 5.91 Å². The number of carbonyl (C=O) groups excluding carboxylic acids is 1. The van der Waals surface area contributed by atoms with Crippen molar-refractivity contribution < 1.29 is 9.53 Å². The summed E-state index contributed by atoms with van der Waals surface area (Å²) in [6.45, 7) is 1.77. The molecule has 1 amide bonds. The number of nitrogens with one attached hydrogen (secondary N) is 2. The summed E-state index contributed by atoms with van der Waals surface area (Å²) >= 11 is 10.8. The van der Waals surface area contributed by atoms with Gasteiger partial charge >= 0.3 is 0 Å². The Morgan fingerprint density at radius 3 is 2.92 bits per heavy atom. The highest BCUT2D eigenvalue weighted by atomic mass is 79.9. The lowest BCUT2D eigenvalue weighted by molar-refractivity contribution is -0.118. The lowest BCUT2D eigenvalue weighted by atomic mass is 10.2. The van der Waals surface area contributed by atoms with E-state index in [9.17, 15) is 4.79 Å². The van der Waals surface area contributed by atoms with E-state index in [2.05, 4.69) is 31.7 Å². The minimum Gasteiger partial charge on any atom is -0.484 e. The van der Waals surface area contributed by atoms with Crippen LogP contribution in [0.4, 0.5) is 10.8 Å². The van der Waals surface area contributed by atoms with E-state index in [4.69, 9.17) is 22.2 Å². The number of hydrogen-bond acceptors (Lipinski definition) is 6. The number of aryl methyl sites for hydroxylation is 1. The van der Waals surface area contributed by atoms with E-state index in [-0.39, 0.29) is 12.5 Å². The molecule has 4 N–H and O–H groups in total. The van der Waals surface area contributed by atoms with E-state index < -0.39 is 0 Å². The number of hydrogen-bond donors (Lipinski definition) is 3. The molecular weight excluding hydrogens is 428 g/mol. The van der Waals surface area contributed by atoms with Gasteiger partial charge in [-0.3, -0.25) is 10.2 Å². The van der Waals surface area contributed by atoms with Crippen LogP contribution in [0, 0.1) is 6.92 Å². The number of nitrogen functional groups attached to an aromatic ring is 1. The molecule has 0 fully saturated rings. The van der Waals surface area contributed by atoms with E-state index in [0.717, 1.165) is 20.3 Å². The maximum absolute atomic E-state index is 12.1. The van der Waals surface area contributed by atoms with E-state index in [1.165, 1.54) is 11.3 Å². The van der Waals surface area contributed by atoms with E-state index in [0.29, 0.717) is 21.6 Å². The van der Waals surface area contributed by atoms with Gasteiger partial charge in [-0.1, -0.05) is 22.9 Å². The summed E-state index contributed by atoms with van der Waals surface area (Å²) in [5.74, 6) is 5.71. The van der Waals surface area contributed by atoms with Crippen molar-refractivity contribution in [2.45, 2.75) is 6.92 Å². The summed E-state index contributed by atoms with van der Waals surface area (Å²) < 4.78 is 7.16. The third-order valence-electron chi connectivity index (χ3n) is 3.35. The Hall–Kier alpha value is -1.87. The molecule has 9 heteroatoms. The fraction of sp³-hybridized carbons (Fsp3) is 0.125. The van der Waals surface area contributed by atoms with Gasteiger partial charge < -0.3 is 10.1 Å². The molecule has 2 aromatic carbocycles. The average Bonchev–Trinajstić information content (AvgIpc) is 3.00. The summed E-state index contributed by atoms with van der Waals surface area (Å²) in [6.07, 6.45) is 0. The zero-order chi connectivity index (χ0) is 18.0. The van der Waals surface area contributed by atoms with Gasteiger partial charge in [0.15, 0.2) is 11.7 Å². The Balaban J connectivity index is 1.68. The molecule has 1 heterocycles. The Labute approximate surface area is 161 Å². The third-order valence-corrected chi connectivity index (χ3v) is 5.32. The SMILES string of the molecule is Cc1cc(OCC(=O)Nc2cc(Br)c3nc(NN)sc3c2)ccc1Cl. The molecule has 0 radical (unpaired) electrons. The van der Waals surface area contributed by atoms with E-state index in [1.54, 1.807) is 24.3 Å². The standard InChI is InChI=1S/C16H14BrClN4O2S/c1-8-4-10(2-3-12(8)18)24-7-14(23)20-9-5-11(17)15-13(6-9)25-16(21-15)22-19/h2-6H,7,19H2,1H3,(H,20,23)(H,21,22). The van der Waals surface area contributed by atoms with Crippen molar-refractivity contribution in [3.8, 4) is 5.75 Å². The lowest BCUT2D eigenvalue weighted by Gasteiger charge is -2.09. The van der Waals surface area contributed by atoms with E-state index in [1.807, 2.05) is 13.0 Å². The van der Waals surface area contributed by atoms with Crippen molar-refractivity contribution in [3.63, 3.8) is 0 Å². The summed E-state index contributed by atoms with van der Waals surface area (Å²) in [6, 6.07) is 8.87. The maximum Gasteiger partial charge on any atom is 0.262 e. The van der Waals surface area contributed by atoms with Crippen LogP contribution in [0.15, 0.2) is 34.8 Å². The molecule has 0 aliphatic carbocycles. The molecule has 1 aromatic heterocycles. The van der Waals surface area contributed by atoms with Crippen LogP contribution < -0.4 is 21.3 Å². The molecule has 130 valence electrons. The molecule has 3 rings (SSSR count). The Morgan fingerprint density at radius 1 is 1.40 bits per heavy atom. The topological polar surface area (TPSA) is 89.3 Å². The summed E-state index contributed by atoms with van der Waals surface area (Å²) in [5, 5.41) is 4.06. The molecule has 0 atom stereocenters. The number of nitrogens with two attached hydrogens (primary N) is 1. The molecule has 0 unspecified atom stereocenters. The number of thiazole rings is 1. The van der Waals surface area contributed by atoms with Crippen LogP contribution in [0.1, 0.15) is 5.56 Å². The van der Waals surface area contributed by atoms with E-state index >= 15 is 0 Å². The number of aromatic nitrogens is 1. The quantitative estimate of drug-likeness (QED) is 0.405. The van der Waals surface area contributed by atoms with Crippen molar-refractivity contribution >= 4 is 65.8 Å². The summed E-state index contributed by atoms with van der Waals surface area (Å²) in [7, 11) is 0. The highest BCUT2D eigenvalue weighted by molar-refractivity contribution is 9.10. The first-order valence-corrected chi connectivity index (χ1v) is 9.20. The zero-order valence-electron chi connectivity index (χ0n) is 13.1. The van der Waals surface area contributed by atoms with Crippen molar-refractivity contribution in [2.24, 2.45) is 5.84 Å². The number of fused-ring (bicyclic) bond motifs is 1. The van der Waals surface area contributed by atoms with Gasteiger partial charge in [-0.15, -0.1) is 0 Å². The van der Waals surface area contributed by atoms with Crippen LogP contribution in [0.3, 0.4) is 0 Å². The van der Waals surface area contributed by atoms with Crippen LogP contribution in [-0.2, 0) is 4.79 Å². The number of hydrazine groups is 1. The number of benzene rings is 2. The fourth-order valence-electron chi connectivity index (χ4n) is 2.18. The highest BCUT2D eigenvalue weighted by Crippen LogP contribution is 2.33. The second-order valence-corrected chi connectivity index (χ2v) is 7.51. The largest absolute Gasteiger partial charge is 0.484 e. The van der Waals surface area contributed by atoms with Crippen LogP contribution >= 0.6 is 38.9 Å². The maximum atomic E-state index is 12.1. The molecule has 0 spiro atoms. The average molecular weight is 442 g/mol. The molecule has 25 heavy (non-hydrogen) atoms. The predicted molar refractivity (Wildman–Crippen MR) is 105 cm³/mol. The minimum absolute atomic E-state index is 0.102. The molecule has 3 aromatic rings. The first-order valence-electron chi connectivity index (χ1n) is 7.22. The van der Waals surface area contributed by atoms with Gasteiger partial charge in [0.1, 0.15) is 5.75 Å². The van der Waals surface area contributed by atoms with Crippen molar-refractivity contribution in [1.29, 1.82) is 0 Å². The molecule has 6 nitrogen and oxygen atoms in total.